The first-order valence-electron chi connectivity index (χ1n) is 8.04. The van der Waals surface area contributed by atoms with Crippen molar-refractivity contribution in [3.63, 3.8) is 0 Å². The van der Waals surface area contributed by atoms with E-state index < -0.39 is 0 Å². The van der Waals surface area contributed by atoms with Crippen LogP contribution in [-0.2, 0) is 6.54 Å². The number of aryl methyl sites for hydroxylation is 2. The molecule has 1 aliphatic rings. The predicted molar refractivity (Wildman–Crippen MR) is 86.9 cm³/mol. The van der Waals surface area contributed by atoms with Crippen LogP contribution in [0.5, 0.6) is 0 Å². The van der Waals surface area contributed by atoms with Gasteiger partial charge in [-0.2, -0.15) is 5.10 Å². The van der Waals surface area contributed by atoms with Crippen LogP contribution in [0.25, 0.3) is 0 Å². The zero-order valence-corrected chi connectivity index (χ0v) is 13.2. The normalized spacial score (nSPS) is 16.1. The Morgan fingerprint density at radius 1 is 1.00 bits per heavy atom. The average Bonchev–Trinajstić information content (AvgIpc) is 2.98. The molecule has 0 radical (unpaired) electrons. The molecule has 0 saturated carbocycles. The molecule has 6 heteroatoms. The second-order valence-electron chi connectivity index (χ2n) is 5.87. The van der Waals surface area contributed by atoms with E-state index in [0.717, 1.165) is 38.7 Å². The Balaban J connectivity index is 1.34. The van der Waals surface area contributed by atoms with Gasteiger partial charge in [0.2, 0.25) is 5.95 Å². The van der Waals surface area contributed by atoms with Gasteiger partial charge in [-0.1, -0.05) is 0 Å². The van der Waals surface area contributed by atoms with Crippen LogP contribution in [0.4, 0.5) is 5.95 Å². The molecule has 0 aliphatic carbocycles. The molecule has 0 bridgehead atoms. The van der Waals surface area contributed by atoms with Gasteiger partial charge in [-0.25, -0.2) is 9.97 Å². The van der Waals surface area contributed by atoms with Crippen molar-refractivity contribution in [1.82, 2.24) is 24.6 Å². The van der Waals surface area contributed by atoms with E-state index >= 15 is 0 Å². The van der Waals surface area contributed by atoms with Crippen molar-refractivity contribution < 1.29 is 0 Å². The van der Waals surface area contributed by atoms with Gasteiger partial charge in [-0.3, -0.25) is 9.58 Å². The maximum atomic E-state index is 4.33. The standard InChI is InChI=1S/C16H24N6/c1-15-13-19-22(14-15)8-3-2-7-20-9-11-21(12-10-20)16-17-5-4-6-18-16/h4-6,13-14H,2-3,7-12H2,1H3. The van der Waals surface area contributed by atoms with Crippen molar-refractivity contribution in [2.45, 2.75) is 26.3 Å². The molecule has 2 aromatic heterocycles. The van der Waals surface area contributed by atoms with Gasteiger partial charge >= 0.3 is 0 Å². The zero-order valence-electron chi connectivity index (χ0n) is 13.2. The molecule has 118 valence electrons. The average molecular weight is 300 g/mol. The fraction of sp³-hybridized carbons (Fsp3) is 0.562. The minimum atomic E-state index is 0.858. The van der Waals surface area contributed by atoms with Crippen molar-refractivity contribution in [3.05, 3.63) is 36.4 Å². The molecule has 0 N–H and O–H groups in total. The minimum absolute atomic E-state index is 0.858. The fourth-order valence-corrected chi connectivity index (χ4v) is 2.82. The Morgan fingerprint density at radius 3 is 2.41 bits per heavy atom. The summed E-state index contributed by atoms with van der Waals surface area (Å²) in [6, 6.07) is 1.86. The zero-order chi connectivity index (χ0) is 15.2. The van der Waals surface area contributed by atoms with Gasteiger partial charge in [0.25, 0.3) is 0 Å². The Morgan fingerprint density at radius 2 is 1.73 bits per heavy atom. The van der Waals surface area contributed by atoms with Crippen molar-refractivity contribution in [3.8, 4) is 0 Å². The summed E-state index contributed by atoms with van der Waals surface area (Å²) < 4.78 is 2.04. The van der Waals surface area contributed by atoms with Crippen LogP contribution in [0, 0.1) is 6.92 Å². The second kappa shape index (κ2) is 7.35. The lowest BCUT2D eigenvalue weighted by atomic mass is 10.2. The number of nitrogens with zero attached hydrogens (tertiary/aromatic N) is 6. The van der Waals surface area contributed by atoms with E-state index in [1.54, 1.807) is 0 Å². The van der Waals surface area contributed by atoms with E-state index in [1.807, 2.05) is 29.3 Å². The van der Waals surface area contributed by atoms with E-state index in [1.165, 1.54) is 24.9 Å². The molecule has 3 heterocycles. The lowest BCUT2D eigenvalue weighted by molar-refractivity contribution is 0.249. The highest BCUT2D eigenvalue weighted by atomic mass is 15.3. The molecule has 1 aliphatic heterocycles. The van der Waals surface area contributed by atoms with Gasteiger partial charge in [0.15, 0.2) is 0 Å². The van der Waals surface area contributed by atoms with E-state index in [0.29, 0.717) is 0 Å². The predicted octanol–water partition coefficient (Wildman–Crippen LogP) is 1.58. The van der Waals surface area contributed by atoms with Crippen LogP contribution >= 0.6 is 0 Å². The van der Waals surface area contributed by atoms with Crippen LogP contribution < -0.4 is 4.90 Å². The summed E-state index contributed by atoms with van der Waals surface area (Å²) in [5, 5.41) is 4.33. The first-order valence-corrected chi connectivity index (χ1v) is 8.04. The topological polar surface area (TPSA) is 50.1 Å². The highest BCUT2D eigenvalue weighted by Gasteiger charge is 2.17. The Labute approximate surface area is 131 Å². The highest BCUT2D eigenvalue weighted by molar-refractivity contribution is 5.29. The summed E-state index contributed by atoms with van der Waals surface area (Å²) in [4.78, 5) is 13.5. The summed E-state index contributed by atoms with van der Waals surface area (Å²) in [7, 11) is 0. The molecular weight excluding hydrogens is 276 g/mol. The molecular formula is C16H24N6. The van der Waals surface area contributed by atoms with E-state index in [-0.39, 0.29) is 0 Å². The molecule has 0 spiro atoms. The van der Waals surface area contributed by atoms with E-state index in [9.17, 15) is 0 Å². The van der Waals surface area contributed by atoms with Crippen LogP contribution in [0.2, 0.25) is 0 Å². The van der Waals surface area contributed by atoms with Gasteiger partial charge < -0.3 is 4.90 Å². The first-order chi connectivity index (χ1) is 10.8. The van der Waals surface area contributed by atoms with E-state index in [4.69, 9.17) is 0 Å². The maximum absolute atomic E-state index is 4.33. The molecule has 1 fully saturated rings. The number of rotatable bonds is 6. The third-order valence-corrected chi connectivity index (χ3v) is 4.08. The summed E-state index contributed by atoms with van der Waals surface area (Å²) in [6.45, 7) is 8.50. The van der Waals surface area contributed by atoms with Crippen LogP contribution in [0.15, 0.2) is 30.9 Å². The second-order valence-corrected chi connectivity index (χ2v) is 5.87. The SMILES string of the molecule is Cc1cnn(CCCCN2CCN(c3ncccn3)CC2)c1. The lowest BCUT2D eigenvalue weighted by Gasteiger charge is -2.34. The third kappa shape index (κ3) is 4.04. The Bertz CT molecular complexity index is 559. The number of hydrogen-bond acceptors (Lipinski definition) is 5. The lowest BCUT2D eigenvalue weighted by Crippen LogP contribution is -2.47. The number of piperazine rings is 1. The van der Waals surface area contributed by atoms with Crippen LogP contribution in [0.3, 0.4) is 0 Å². The quantitative estimate of drug-likeness (QED) is 0.758. The monoisotopic (exact) mass is 300 g/mol. The molecule has 22 heavy (non-hydrogen) atoms. The molecule has 2 aromatic rings. The van der Waals surface area contributed by atoms with Crippen molar-refractivity contribution in [2.75, 3.05) is 37.6 Å². The molecule has 3 rings (SSSR count). The Kier molecular flexibility index (Phi) is 5.00. The van der Waals surface area contributed by atoms with Crippen LogP contribution in [0.1, 0.15) is 18.4 Å². The van der Waals surface area contributed by atoms with Crippen LogP contribution in [-0.4, -0.2) is 57.4 Å². The van der Waals surface area contributed by atoms with Crippen molar-refractivity contribution >= 4 is 5.95 Å². The summed E-state index contributed by atoms with van der Waals surface area (Å²) in [5.41, 5.74) is 1.24. The molecule has 0 amide bonds. The number of anilines is 1. The maximum Gasteiger partial charge on any atom is 0.225 e. The third-order valence-electron chi connectivity index (χ3n) is 4.08. The molecule has 0 aromatic carbocycles. The van der Waals surface area contributed by atoms with Gasteiger partial charge in [0.1, 0.15) is 0 Å². The first kappa shape index (κ1) is 15.0. The van der Waals surface area contributed by atoms with Crippen molar-refractivity contribution in [1.29, 1.82) is 0 Å². The molecule has 0 unspecified atom stereocenters. The van der Waals surface area contributed by atoms with E-state index in [2.05, 4.69) is 38.0 Å². The fourth-order valence-electron chi connectivity index (χ4n) is 2.82. The van der Waals surface area contributed by atoms with Gasteiger partial charge in [0.05, 0.1) is 6.20 Å². The Hall–Kier alpha value is -1.95. The summed E-state index contributed by atoms with van der Waals surface area (Å²) in [5.74, 6) is 0.858. The molecule has 0 atom stereocenters. The largest absolute Gasteiger partial charge is 0.338 e. The highest BCUT2D eigenvalue weighted by Crippen LogP contribution is 2.10. The smallest absolute Gasteiger partial charge is 0.225 e. The summed E-state index contributed by atoms with van der Waals surface area (Å²) >= 11 is 0. The number of hydrogen-bond donors (Lipinski definition) is 0. The number of unbranched alkanes of at least 4 members (excludes halogenated alkanes) is 1. The van der Waals surface area contributed by atoms with Gasteiger partial charge in [-0.05, 0) is 37.9 Å². The number of aromatic nitrogens is 4. The molecule has 1 saturated heterocycles. The minimum Gasteiger partial charge on any atom is -0.338 e. The van der Waals surface area contributed by atoms with Gasteiger partial charge in [0, 0.05) is 51.3 Å². The van der Waals surface area contributed by atoms with Gasteiger partial charge in [-0.15, -0.1) is 0 Å². The van der Waals surface area contributed by atoms with Crippen molar-refractivity contribution in [2.24, 2.45) is 0 Å². The summed E-state index contributed by atoms with van der Waals surface area (Å²) in [6.07, 6.45) is 10.1. The molecule has 6 nitrogen and oxygen atoms in total.